The van der Waals surface area contributed by atoms with E-state index in [4.69, 9.17) is 0 Å². The van der Waals surface area contributed by atoms with Gasteiger partial charge in [0.1, 0.15) is 0 Å². The van der Waals surface area contributed by atoms with Crippen molar-refractivity contribution < 1.29 is 0 Å². The smallest absolute Gasteiger partial charge is 0.00978 e. The summed E-state index contributed by atoms with van der Waals surface area (Å²) in [6.45, 7) is 2.39. The second kappa shape index (κ2) is 10.6. The molecular formula is C20H39N. The molecule has 2 aliphatic carbocycles. The van der Waals surface area contributed by atoms with Gasteiger partial charge in [-0.15, -0.1) is 0 Å². The van der Waals surface area contributed by atoms with E-state index in [1.54, 1.807) is 0 Å². The Kier molecular flexibility index (Phi) is 8.78. The Morgan fingerprint density at radius 2 is 1.10 bits per heavy atom. The average molecular weight is 294 g/mol. The van der Waals surface area contributed by atoms with E-state index in [2.05, 4.69) is 12.2 Å². The quantitative estimate of drug-likeness (QED) is 0.651. The Morgan fingerprint density at radius 3 is 1.67 bits per heavy atom. The Morgan fingerprint density at radius 1 is 0.619 bits per heavy atom. The van der Waals surface area contributed by atoms with Crippen LogP contribution in [0.2, 0.25) is 0 Å². The molecule has 124 valence electrons. The maximum Gasteiger partial charge on any atom is 0.00978 e. The topological polar surface area (TPSA) is 12.0 Å². The van der Waals surface area contributed by atoms with Gasteiger partial charge in [0, 0.05) is 12.1 Å². The molecule has 2 saturated carbocycles. The van der Waals surface area contributed by atoms with Crippen LogP contribution in [0.25, 0.3) is 0 Å². The normalized spacial score (nSPS) is 31.3. The molecule has 0 aromatic rings. The molecule has 1 N–H and O–H groups in total. The van der Waals surface area contributed by atoms with Crippen LogP contribution in [0.4, 0.5) is 0 Å². The molecule has 0 heterocycles. The number of rotatable bonds is 3. The number of hydrogen-bond donors (Lipinski definition) is 1. The van der Waals surface area contributed by atoms with Gasteiger partial charge in [0.05, 0.1) is 0 Å². The third kappa shape index (κ3) is 6.72. The fraction of sp³-hybridized carbons (Fsp3) is 1.00. The lowest BCUT2D eigenvalue weighted by molar-refractivity contribution is 0.225. The fourth-order valence-electron chi connectivity index (χ4n) is 4.55. The molecule has 2 rings (SSSR count). The van der Waals surface area contributed by atoms with E-state index in [1.807, 2.05) is 0 Å². The molecule has 0 aromatic carbocycles. The van der Waals surface area contributed by atoms with E-state index in [1.165, 1.54) is 103 Å². The molecule has 2 fully saturated rings. The zero-order chi connectivity index (χ0) is 14.8. The lowest BCUT2D eigenvalue weighted by atomic mass is 9.82. The van der Waals surface area contributed by atoms with E-state index in [9.17, 15) is 0 Å². The molecule has 0 aliphatic heterocycles. The minimum absolute atomic E-state index is 0.821. The van der Waals surface area contributed by atoms with E-state index in [0.29, 0.717) is 0 Å². The molecule has 21 heavy (non-hydrogen) atoms. The zero-order valence-electron chi connectivity index (χ0n) is 14.5. The molecule has 0 amide bonds. The fourth-order valence-corrected chi connectivity index (χ4v) is 4.55. The Labute approximate surface area is 133 Å². The van der Waals surface area contributed by atoms with Gasteiger partial charge in [-0.25, -0.2) is 0 Å². The van der Waals surface area contributed by atoms with Gasteiger partial charge in [-0.1, -0.05) is 84.0 Å². The number of nitrogens with one attached hydrogen (secondary N) is 1. The molecule has 0 aromatic heterocycles. The lowest BCUT2D eigenvalue weighted by Gasteiger charge is -2.35. The first-order valence-electron chi connectivity index (χ1n) is 10.2. The second-order valence-electron chi connectivity index (χ2n) is 7.68. The highest BCUT2D eigenvalue weighted by atomic mass is 15.0. The van der Waals surface area contributed by atoms with Gasteiger partial charge in [-0.2, -0.15) is 0 Å². The Balaban J connectivity index is 1.78. The van der Waals surface area contributed by atoms with Gasteiger partial charge >= 0.3 is 0 Å². The van der Waals surface area contributed by atoms with E-state index < -0.39 is 0 Å². The van der Waals surface area contributed by atoms with Crippen molar-refractivity contribution in [3.8, 4) is 0 Å². The average Bonchev–Trinajstić information content (AvgIpc) is 2.50. The maximum atomic E-state index is 4.11. The Hall–Kier alpha value is -0.0400. The summed E-state index contributed by atoms with van der Waals surface area (Å²) in [5.41, 5.74) is 0. The predicted molar refractivity (Wildman–Crippen MR) is 93.7 cm³/mol. The highest BCUT2D eigenvalue weighted by Crippen LogP contribution is 2.28. The lowest BCUT2D eigenvalue weighted by Crippen LogP contribution is -2.44. The first kappa shape index (κ1) is 17.3. The van der Waals surface area contributed by atoms with Crippen molar-refractivity contribution in [2.75, 3.05) is 0 Å². The molecule has 0 spiro atoms. The van der Waals surface area contributed by atoms with Crippen molar-refractivity contribution in [3.05, 3.63) is 0 Å². The maximum absolute atomic E-state index is 4.11. The summed E-state index contributed by atoms with van der Waals surface area (Å²) >= 11 is 0. The summed E-state index contributed by atoms with van der Waals surface area (Å²) in [5, 5.41) is 4.11. The van der Waals surface area contributed by atoms with Gasteiger partial charge in [-0.3, -0.25) is 0 Å². The molecular weight excluding hydrogens is 254 g/mol. The number of hydrogen-bond acceptors (Lipinski definition) is 1. The van der Waals surface area contributed by atoms with Crippen LogP contribution in [-0.4, -0.2) is 12.1 Å². The standard InChI is InChI=1S/C20H39N/c1-2-18-14-12-13-17-20(18)21-19-15-10-8-6-4-3-5-7-9-11-16-19/h18-21H,2-17H2,1H3. The molecule has 0 saturated heterocycles. The first-order chi connectivity index (χ1) is 10.4. The van der Waals surface area contributed by atoms with Crippen LogP contribution in [-0.2, 0) is 0 Å². The van der Waals surface area contributed by atoms with Crippen LogP contribution in [0, 0.1) is 5.92 Å². The first-order valence-corrected chi connectivity index (χ1v) is 10.2. The van der Waals surface area contributed by atoms with Crippen molar-refractivity contribution in [3.63, 3.8) is 0 Å². The minimum atomic E-state index is 0.821. The highest BCUT2D eigenvalue weighted by molar-refractivity contribution is 4.83. The van der Waals surface area contributed by atoms with Crippen molar-refractivity contribution >= 4 is 0 Å². The van der Waals surface area contributed by atoms with E-state index >= 15 is 0 Å². The van der Waals surface area contributed by atoms with Crippen molar-refractivity contribution in [1.29, 1.82) is 0 Å². The molecule has 2 atom stereocenters. The van der Waals surface area contributed by atoms with Crippen LogP contribution < -0.4 is 5.32 Å². The third-order valence-corrected chi connectivity index (χ3v) is 5.99. The highest BCUT2D eigenvalue weighted by Gasteiger charge is 2.25. The van der Waals surface area contributed by atoms with Gasteiger partial charge in [-0.05, 0) is 31.6 Å². The largest absolute Gasteiger partial charge is 0.311 e. The Bertz CT molecular complexity index is 238. The summed E-state index contributed by atoms with van der Waals surface area (Å²) in [5.74, 6) is 0.958. The van der Waals surface area contributed by atoms with Crippen LogP contribution in [0.15, 0.2) is 0 Å². The predicted octanol–water partition coefficient (Wildman–Crippen LogP) is 6.22. The van der Waals surface area contributed by atoms with Crippen molar-refractivity contribution in [1.82, 2.24) is 5.32 Å². The van der Waals surface area contributed by atoms with Crippen LogP contribution in [0.1, 0.15) is 110 Å². The second-order valence-corrected chi connectivity index (χ2v) is 7.68. The van der Waals surface area contributed by atoms with Crippen LogP contribution in [0.3, 0.4) is 0 Å². The summed E-state index contributed by atoms with van der Waals surface area (Å²) in [4.78, 5) is 0. The van der Waals surface area contributed by atoms with Crippen LogP contribution in [0.5, 0.6) is 0 Å². The van der Waals surface area contributed by atoms with Crippen molar-refractivity contribution in [2.45, 2.75) is 122 Å². The molecule has 2 unspecified atom stereocenters. The molecule has 2 aliphatic rings. The van der Waals surface area contributed by atoms with Crippen LogP contribution >= 0.6 is 0 Å². The van der Waals surface area contributed by atoms with Gasteiger partial charge in [0.15, 0.2) is 0 Å². The van der Waals surface area contributed by atoms with E-state index in [-0.39, 0.29) is 0 Å². The summed E-state index contributed by atoms with van der Waals surface area (Å²) in [6.07, 6.45) is 23.4. The molecule has 0 radical (unpaired) electrons. The van der Waals surface area contributed by atoms with Gasteiger partial charge in [0.2, 0.25) is 0 Å². The van der Waals surface area contributed by atoms with E-state index in [0.717, 1.165) is 18.0 Å². The molecule has 1 heteroatoms. The third-order valence-electron chi connectivity index (χ3n) is 5.99. The molecule has 1 nitrogen and oxygen atoms in total. The summed E-state index contributed by atoms with van der Waals surface area (Å²) in [6, 6.07) is 1.66. The van der Waals surface area contributed by atoms with Gasteiger partial charge < -0.3 is 5.32 Å². The monoisotopic (exact) mass is 293 g/mol. The SMILES string of the molecule is CCC1CCCCC1NC1CCCCCCCCCCC1. The van der Waals surface area contributed by atoms with Crippen molar-refractivity contribution in [2.24, 2.45) is 5.92 Å². The summed E-state index contributed by atoms with van der Waals surface area (Å²) < 4.78 is 0. The zero-order valence-corrected chi connectivity index (χ0v) is 14.5. The summed E-state index contributed by atoms with van der Waals surface area (Å²) in [7, 11) is 0. The minimum Gasteiger partial charge on any atom is -0.311 e. The molecule has 0 bridgehead atoms. The van der Waals surface area contributed by atoms with Gasteiger partial charge in [0.25, 0.3) is 0 Å².